The third-order valence-corrected chi connectivity index (χ3v) is 5.35. The zero-order valence-corrected chi connectivity index (χ0v) is 13.2. The van der Waals surface area contributed by atoms with Crippen molar-refractivity contribution in [3.05, 3.63) is 50.5 Å². The van der Waals surface area contributed by atoms with Crippen molar-refractivity contribution in [2.45, 2.75) is 45.4 Å². The molecule has 21 heavy (non-hydrogen) atoms. The second kappa shape index (κ2) is 5.60. The Hall–Kier alpha value is -1.68. The second-order valence-electron chi connectivity index (χ2n) is 5.79. The lowest BCUT2D eigenvalue weighted by atomic mass is 9.91. The van der Waals surface area contributed by atoms with Gasteiger partial charge in [0.15, 0.2) is 0 Å². The molecule has 4 heteroatoms. The summed E-state index contributed by atoms with van der Waals surface area (Å²) in [7, 11) is 0. The normalized spacial score (nSPS) is 17.5. The molecule has 0 saturated heterocycles. The molecule has 1 aromatic carbocycles. The molecule has 1 unspecified atom stereocenters. The summed E-state index contributed by atoms with van der Waals surface area (Å²) >= 11 is 1.69. The maximum absolute atomic E-state index is 11.3. The van der Waals surface area contributed by atoms with Crippen LogP contribution in [-0.2, 0) is 17.6 Å². The molecule has 1 aromatic heterocycles. The molecule has 110 valence electrons. The van der Waals surface area contributed by atoms with Crippen molar-refractivity contribution in [1.82, 2.24) is 4.98 Å². The van der Waals surface area contributed by atoms with Crippen molar-refractivity contribution in [3.63, 3.8) is 0 Å². The molecule has 0 fully saturated rings. The number of carbonyl (C=O) groups is 1. The molecule has 0 amide bonds. The molecule has 0 aliphatic heterocycles. The molecule has 1 heterocycles. The van der Waals surface area contributed by atoms with Crippen molar-refractivity contribution in [2.24, 2.45) is 0 Å². The van der Waals surface area contributed by atoms with Crippen LogP contribution < -0.4 is 0 Å². The maximum atomic E-state index is 11.3. The first kappa shape index (κ1) is 14.3. The average molecular weight is 301 g/mol. The van der Waals surface area contributed by atoms with Crippen LogP contribution in [0.5, 0.6) is 0 Å². The number of rotatable bonds is 3. The molecule has 0 bridgehead atoms. The number of aliphatic carboxylic acids is 1. The summed E-state index contributed by atoms with van der Waals surface area (Å²) in [6.07, 6.45) is 3.44. The first-order chi connectivity index (χ1) is 10.0. The molecule has 2 aromatic rings. The Bertz CT molecular complexity index is 690. The van der Waals surface area contributed by atoms with E-state index in [1.54, 1.807) is 11.3 Å². The minimum atomic E-state index is -0.737. The molecule has 1 aliphatic rings. The maximum Gasteiger partial charge on any atom is 0.312 e. The van der Waals surface area contributed by atoms with Crippen LogP contribution in [0.4, 0.5) is 0 Å². The van der Waals surface area contributed by atoms with E-state index >= 15 is 0 Å². The topological polar surface area (TPSA) is 50.2 Å². The van der Waals surface area contributed by atoms with Gasteiger partial charge in [0.2, 0.25) is 0 Å². The van der Waals surface area contributed by atoms with Crippen molar-refractivity contribution in [2.75, 3.05) is 0 Å². The lowest BCUT2D eigenvalue weighted by molar-refractivity contribution is -0.139. The fourth-order valence-electron chi connectivity index (χ4n) is 2.87. The summed E-state index contributed by atoms with van der Waals surface area (Å²) < 4.78 is 0. The monoisotopic (exact) mass is 301 g/mol. The number of hydrogen-bond acceptors (Lipinski definition) is 3. The van der Waals surface area contributed by atoms with Gasteiger partial charge in [-0.2, -0.15) is 0 Å². The molecule has 1 aliphatic carbocycles. The van der Waals surface area contributed by atoms with E-state index in [4.69, 9.17) is 0 Å². The van der Waals surface area contributed by atoms with E-state index < -0.39 is 11.9 Å². The third kappa shape index (κ3) is 2.86. The van der Waals surface area contributed by atoms with Crippen LogP contribution in [0.25, 0.3) is 0 Å². The summed E-state index contributed by atoms with van der Waals surface area (Å²) in [6.45, 7) is 4.23. The van der Waals surface area contributed by atoms with Gasteiger partial charge in [0.25, 0.3) is 0 Å². The molecule has 0 radical (unpaired) electrons. The van der Waals surface area contributed by atoms with Crippen molar-refractivity contribution in [1.29, 1.82) is 0 Å². The molecule has 1 atom stereocenters. The van der Waals surface area contributed by atoms with Crippen LogP contribution in [0.3, 0.4) is 0 Å². The largest absolute Gasteiger partial charge is 0.481 e. The Labute approximate surface area is 128 Å². The Morgan fingerprint density at radius 3 is 2.90 bits per heavy atom. The number of nitrogens with zero attached hydrogens (tertiary/aromatic N) is 1. The number of thiazole rings is 1. The van der Waals surface area contributed by atoms with E-state index in [9.17, 15) is 9.90 Å². The fraction of sp³-hybridized carbons (Fsp3) is 0.412. The van der Waals surface area contributed by atoms with E-state index in [0.717, 1.165) is 36.4 Å². The van der Waals surface area contributed by atoms with Gasteiger partial charge in [0, 0.05) is 11.3 Å². The quantitative estimate of drug-likeness (QED) is 0.936. The van der Waals surface area contributed by atoms with Gasteiger partial charge in [0.1, 0.15) is 0 Å². The van der Waals surface area contributed by atoms with Gasteiger partial charge < -0.3 is 5.11 Å². The Balaban J connectivity index is 1.87. The lowest BCUT2D eigenvalue weighted by Gasteiger charge is -2.16. The number of carboxylic acids is 1. The van der Waals surface area contributed by atoms with Gasteiger partial charge in [-0.15, -0.1) is 11.3 Å². The minimum absolute atomic E-state index is 0.404. The molecule has 1 N–H and O–H groups in total. The van der Waals surface area contributed by atoms with E-state index in [1.165, 1.54) is 21.6 Å². The molecule has 3 nitrogen and oxygen atoms in total. The number of benzene rings is 1. The van der Waals surface area contributed by atoms with Crippen molar-refractivity contribution >= 4 is 17.3 Å². The summed E-state index contributed by atoms with van der Waals surface area (Å²) in [5.74, 6) is -1.14. The first-order valence-corrected chi connectivity index (χ1v) is 8.13. The van der Waals surface area contributed by atoms with Gasteiger partial charge in [-0.3, -0.25) is 4.79 Å². The van der Waals surface area contributed by atoms with Gasteiger partial charge >= 0.3 is 5.97 Å². The van der Waals surface area contributed by atoms with Gasteiger partial charge in [0.05, 0.1) is 16.6 Å². The first-order valence-electron chi connectivity index (χ1n) is 7.32. The molecule has 0 spiro atoms. The Morgan fingerprint density at radius 2 is 2.19 bits per heavy atom. The summed E-state index contributed by atoms with van der Waals surface area (Å²) in [4.78, 5) is 17.1. The number of aryl methyl sites for hydroxylation is 3. The zero-order chi connectivity index (χ0) is 15.0. The van der Waals surface area contributed by atoms with Gasteiger partial charge in [-0.05, 0) is 49.8 Å². The van der Waals surface area contributed by atoms with Crippen molar-refractivity contribution < 1.29 is 9.90 Å². The number of fused-ring (bicyclic) bond motifs is 1. The SMILES string of the molecule is Cc1ccc(Cc2nc3c(s2)CCCC3C(=O)O)cc1C. The van der Waals surface area contributed by atoms with E-state index in [2.05, 4.69) is 37.0 Å². The predicted octanol–water partition coefficient (Wildman–Crippen LogP) is 3.86. The molecule has 0 saturated carbocycles. The summed E-state index contributed by atoms with van der Waals surface area (Å²) in [5.41, 5.74) is 4.65. The minimum Gasteiger partial charge on any atom is -0.481 e. The summed E-state index contributed by atoms with van der Waals surface area (Å²) in [6, 6.07) is 6.47. The predicted molar refractivity (Wildman–Crippen MR) is 84.2 cm³/mol. The fourth-order valence-corrected chi connectivity index (χ4v) is 4.08. The highest BCUT2D eigenvalue weighted by Crippen LogP contribution is 2.35. The number of hydrogen-bond donors (Lipinski definition) is 1. The highest BCUT2D eigenvalue weighted by molar-refractivity contribution is 7.11. The summed E-state index contributed by atoms with van der Waals surface area (Å²) in [5, 5.41) is 10.4. The van der Waals surface area contributed by atoms with E-state index in [1.807, 2.05) is 0 Å². The van der Waals surface area contributed by atoms with Gasteiger partial charge in [-0.25, -0.2) is 4.98 Å². The smallest absolute Gasteiger partial charge is 0.312 e. The highest BCUT2D eigenvalue weighted by atomic mass is 32.1. The van der Waals surface area contributed by atoms with E-state index in [0.29, 0.717) is 0 Å². The second-order valence-corrected chi connectivity index (χ2v) is 6.96. The van der Waals surface area contributed by atoms with E-state index in [-0.39, 0.29) is 0 Å². The van der Waals surface area contributed by atoms with Crippen LogP contribution in [0.15, 0.2) is 18.2 Å². The Kier molecular flexibility index (Phi) is 3.81. The standard InChI is InChI=1S/C17H19NO2S/c1-10-6-7-12(8-11(10)2)9-15-18-16-13(17(19)20)4-3-5-14(16)21-15/h6-8,13H,3-5,9H2,1-2H3,(H,19,20). The zero-order valence-electron chi connectivity index (χ0n) is 12.3. The van der Waals surface area contributed by atoms with Crippen LogP contribution in [-0.4, -0.2) is 16.1 Å². The highest BCUT2D eigenvalue weighted by Gasteiger charge is 2.29. The van der Waals surface area contributed by atoms with Crippen LogP contribution in [0.2, 0.25) is 0 Å². The van der Waals surface area contributed by atoms with Crippen LogP contribution in [0.1, 0.15) is 51.0 Å². The average Bonchev–Trinajstić information content (AvgIpc) is 2.84. The van der Waals surface area contributed by atoms with Gasteiger partial charge in [-0.1, -0.05) is 18.2 Å². The molecular formula is C17H19NO2S. The lowest BCUT2D eigenvalue weighted by Crippen LogP contribution is -2.17. The van der Waals surface area contributed by atoms with Crippen LogP contribution >= 0.6 is 11.3 Å². The Morgan fingerprint density at radius 1 is 1.38 bits per heavy atom. The molecule has 3 rings (SSSR count). The number of aromatic nitrogens is 1. The number of carboxylic acid groups (broad SMARTS) is 1. The third-order valence-electron chi connectivity index (χ3n) is 4.22. The van der Waals surface area contributed by atoms with Crippen molar-refractivity contribution in [3.8, 4) is 0 Å². The molecular weight excluding hydrogens is 282 g/mol. The van der Waals surface area contributed by atoms with Crippen LogP contribution in [0, 0.1) is 13.8 Å².